The molecular formula is C19H21NO. The minimum atomic E-state index is 0.284. The SMILES string of the molecule is O=C(CCCc1ccccc1)c1cccc2c1CCCN2. The van der Waals surface area contributed by atoms with Crippen molar-refractivity contribution in [1.82, 2.24) is 0 Å². The predicted octanol–water partition coefficient (Wildman–Crippen LogP) is 4.25. The van der Waals surface area contributed by atoms with E-state index >= 15 is 0 Å². The molecule has 3 rings (SSSR count). The Morgan fingerprint density at radius 1 is 1.05 bits per heavy atom. The molecule has 0 amide bonds. The van der Waals surface area contributed by atoms with Gasteiger partial charge in [0.1, 0.15) is 0 Å². The van der Waals surface area contributed by atoms with Crippen LogP contribution < -0.4 is 5.32 Å². The van der Waals surface area contributed by atoms with E-state index in [0.717, 1.165) is 43.5 Å². The molecule has 0 bridgehead atoms. The van der Waals surface area contributed by atoms with Crippen LogP contribution in [0.4, 0.5) is 5.69 Å². The number of carbonyl (C=O) groups is 1. The van der Waals surface area contributed by atoms with E-state index in [1.165, 1.54) is 11.1 Å². The number of aryl methyl sites for hydroxylation is 1. The minimum absolute atomic E-state index is 0.284. The number of hydrogen-bond donors (Lipinski definition) is 1. The summed E-state index contributed by atoms with van der Waals surface area (Å²) in [6.45, 7) is 1.01. The van der Waals surface area contributed by atoms with E-state index in [-0.39, 0.29) is 5.78 Å². The van der Waals surface area contributed by atoms with Gasteiger partial charge in [-0.3, -0.25) is 4.79 Å². The lowest BCUT2D eigenvalue weighted by atomic mass is 9.93. The zero-order valence-corrected chi connectivity index (χ0v) is 12.3. The number of carbonyl (C=O) groups excluding carboxylic acids is 1. The molecule has 0 fully saturated rings. The van der Waals surface area contributed by atoms with E-state index in [2.05, 4.69) is 35.6 Å². The highest BCUT2D eigenvalue weighted by atomic mass is 16.1. The Balaban J connectivity index is 1.63. The summed E-state index contributed by atoms with van der Waals surface area (Å²) >= 11 is 0. The maximum atomic E-state index is 12.5. The number of hydrogen-bond acceptors (Lipinski definition) is 2. The lowest BCUT2D eigenvalue weighted by Gasteiger charge is -2.20. The van der Waals surface area contributed by atoms with E-state index < -0.39 is 0 Å². The van der Waals surface area contributed by atoms with Gasteiger partial charge in [-0.1, -0.05) is 42.5 Å². The third kappa shape index (κ3) is 3.33. The van der Waals surface area contributed by atoms with Crippen LogP contribution in [0.3, 0.4) is 0 Å². The summed E-state index contributed by atoms with van der Waals surface area (Å²) < 4.78 is 0. The third-order valence-corrected chi connectivity index (χ3v) is 4.11. The number of ketones is 1. The molecule has 21 heavy (non-hydrogen) atoms. The number of nitrogens with one attached hydrogen (secondary N) is 1. The second-order valence-corrected chi connectivity index (χ2v) is 5.62. The lowest BCUT2D eigenvalue weighted by Crippen LogP contribution is -2.15. The van der Waals surface area contributed by atoms with Crippen LogP contribution in [0.1, 0.15) is 40.7 Å². The van der Waals surface area contributed by atoms with Gasteiger partial charge in [-0.05, 0) is 42.9 Å². The highest BCUT2D eigenvalue weighted by molar-refractivity contribution is 5.98. The minimum Gasteiger partial charge on any atom is -0.385 e. The van der Waals surface area contributed by atoms with Gasteiger partial charge in [0.15, 0.2) is 5.78 Å². The average molecular weight is 279 g/mol. The predicted molar refractivity (Wildman–Crippen MR) is 87.0 cm³/mol. The molecule has 0 aliphatic carbocycles. The molecule has 2 aromatic rings. The highest BCUT2D eigenvalue weighted by Crippen LogP contribution is 2.26. The molecule has 0 aromatic heterocycles. The van der Waals surface area contributed by atoms with Crippen LogP contribution in [0.2, 0.25) is 0 Å². The second-order valence-electron chi connectivity index (χ2n) is 5.62. The standard InChI is InChI=1S/C19H21NO/c21-19(13-4-9-15-7-2-1-3-8-15)17-10-5-12-18-16(17)11-6-14-20-18/h1-3,5,7-8,10,12,20H,4,6,9,11,13-14H2. The lowest BCUT2D eigenvalue weighted by molar-refractivity contribution is 0.0979. The van der Waals surface area contributed by atoms with Gasteiger partial charge >= 0.3 is 0 Å². The van der Waals surface area contributed by atoms with Crippen LogP contribution in [-0.2, 0) is 12.8 Å². The molecular weight excluding hydrogens is 258 g/mol. The van der Waals surface area contributed by atoms with Crippen LogP contribution >= 0.6 is 0 Å². The van der Waals surface area contributed by atoms with Crippen molar-refractivity contribution in [1.29, 1.82) is 0 Å². The summed E-state index contributed by atoms with van der Waals surface area (Å²) in [4.78, 5) is 12.5. The van der Waals surface area contributed by atoms with Gasteiger partial charge in [-0.25, -0.2) is 0 Å². The quantitative estimate of drug-likeness (QED) is 0.829. The Morgan fingerprint density at radius 2 is 1.90 bits per heavy atom. The van der Waals surface area contributed by atoms with Gasteiger partial charge in [0.05, 0.1) is 0 Å². The number of fused-ring (bicyclic) bond motifs is 1. The van der Waals surface area contributed by atoms with E-state index in [4.69, 9.17) is 0 Å². The summed E-state index contributed by atoms with van der Waals surface area (Å²) in [5.41, 5.74) is 4.60. The van der Waals surface area contributed by atoms with Gasteiger partial charge in [0.25, 0.3) is 0 Å². The van der Waals surface area contributed by atoms with Crippen molar-refractivity contribution in [3.63, 3.8) is 0 Å². The van der Waals surface area contributed by atoms with Gasteiger partial charge in [-0.2, -0.15) is 0 Å². The van der Waals surface area contributed by atoms with Crippen molar-refractivity contribution in [3.8, 4) is 0 Å². The van der Waals surface area contributed by atoms with Crippen molar-refractivity contribution in [2.24, 2.45) is 0 Å². The normalized spacial score (nSPS) is 13.3. The fourth-order valence-electron chi connectivity index (χ4n) is 3.00. The summed E-state index contributed by atoms with van der Waals surface area (Å²) in [6.07, 6.45) is 4.65. The van der Waals surface area contributed by atoms with Gasteiger partial charge < -0.3 is 5.32 Å². The number of anilines is 1. The third-order valence-electron chi connectivity index (χ3n) is 4.11. The Bertz CT molecular complexity index is 619. The monoisotopic (exact) mass is 279 g/mol. The first-order valence-corrected chi connectivity index (χ1v) is 7.77. The largest absolute Gasteiger partial charge is 0.385 e. The van der Waals surface area contributed by atoms with Crippen molar-refractivity contribution in [3.05, 3.63) is 65.2 Å². The van der Waals surface area contributed by atoms with Crippen LogP contribution in [0.15, 0.2) is 48.5 Å². The first-order valence-electron chi connectivity index (χ1n) is 7.77. The van der Waals surface area contributed by atoms with Crippen molar-refractivity contribution >= 4 is 11.5 Å². The fraction of sp³-hybridized carbons (Fsp3) is 0.316. The molecule has 1 aliphatic heterocycles. The Labute approximate surface area is 126 Å². The summed E-state index contributed by atoms with van der Waals surface area (Å²) in [5, 5.41) is 3.39. The first kappa shape index (κ1) is 13.9. The Morgan fingerprint density at radius 3 is 2.76 bits per heavy atom. The van der Waals surface area contributed by atoms with E-state index in [9.17, 15) is 4.79 Å². The molecule has 0 unspecified atom stereocenters. The van der Waals surface area contributed by atoms with Crippen molar-refractivity contribution in [2.75, 3.05) is 11.9 Å². The number of rotatable bonds is 5. The van der Waals surface area contributed by atoms with Crippen molar-refractivity contribution in [2.45, 2.75) is 32.1 Å². The topological polar surface area (TPSA) is 29.1 Å². The highest BCUT2D eigenvalue weighted by Gasteiger charge is 2.16. The Hall–Kier alpha value is -2.09. The molecule has 2 aromatic carbocycles. The smallest absolute Gasteiger partial charge is 0.163 e. The number of benzene rings is 2. The number of Topliss-reactive ketones (excluding diaryl/α,β-unsaturated/α-hetero) is 1. The average Bonchev–Trinajstić information content (AvgIpc) is 2.55. The van der Waals surface area contributed by atoms with E-state index in [1.807, 2.05) is 18.2 Å². The van der Waals surface area contributed by atoms with Gasteiger partial charge in [0, 0.05) is 24.2 Å². The molecule has 0 saturated heterocycles. The van der Waals surface area contributed by atoms with Crippen LogP contribution in [0.25, 0.3) is 0 Å². The summed E-state index contributed by atoms with van der Waals surface area (Å²) in [6, 6.07) is 16.4. The van der Waals surface area contributed by atoms with Crippen molar-refractivity contribution < 1.29 is 4.79 Å². The molecule has 2 heteroatoms. The van der Waals surface area contributed by atoms with Crippen LogP contribution in [-0.4, -0.2) is 12.3 Å². The molecule has 1 aliphatic rings. The summed E-state index contributed by atoms with van der Waals surface area (Å²) in [7, 11) is 0. The van der Waals surface area contributed by atoms with Crippen LogP contribution in [0, 0.1) is 0 Å². The van der Waals surface area contributed by atoms with Crippen LogP contribution in [0.5, 0.6) is 0 Å². The molecule has 0 saturated carbocycles. The maximum absolute atomic E-state index is 12.5. The van der Waals surface area contributed by atoms with E-state index in [1.54, 1.807) is 0 Å². The first-order chi connectivity index (χ1) is 10.3. The van der Waals surface area contributed by atoms with Gasteiger partial charge in [0.2, 0.25) is 0 Å². The molecule has 2 nitrogen and oxygen atoms in total. The zero-order chi connectivity index (χ0) is 14.5. The fourth-order valence-corrected chi connectivity index (χ4v) is 3.00. The molecule has 1 heterocycles. The zero-order valence-electron chi connectivity index (χ0n) is 12.3. The Kier molecular flexibility index (Phi) is 4.34. The molecule has 0 atom stereocenters. The molecule has 1 N–H and O–H groups in total. The van der Waals surface area contributed by atoms with Gasteiger partial charge in [-0.15, -0.1) is 0 Å². The molecule has 108 valence electrons. The van der Waals surface area contributed by atoms with E-state index in [0.29, 0.717) is 6.42 Å². The maximum Gasteiger partial charge on any atom is 0.163 e. The molecule has 0 radical (unpaired) electrons. The molecule has 0 spiro atoms. The summed E-state index contributed by atoms with van der Waals surface area (Å²) in [5.74, 6) is 0.284. The second kappa shape index (κ2) is 6.57.